The van der Waals surface area contributed by atoms with Crippen molar-refractivity contribution in [2.75, 3.05) is 20.2 Å². The number of phenolic OH excluding ortho intramolecular Hbond substituents is 1. The predicted molar refractivity (Wildman–Crippen MR) is 76.6 cm³/mol. The smallest absolute Gasteiger partial charge is 0.172 e. The fourth-order valence-electron chi connectivity index (χ4n) is 2.72. The first kappa shape index (κ1) is 12.7. The van der Waals surface area contributed by atoms with Crippen molar-refractivity contribution in [3.05, 3.63) is 22.2 Å². The monoisotopic (exact) mass is 325 g/mol. The third-order valence-electron chi connectivity index (χ3n) is 3.76. The maximum absolute atomic E-state index is 10.1. The number of nitrogens with one attached hydrogen (secondary N) is 2. The quantitative estimate of drug-likeness (QED) is 0.775. The molecule has 6 heteroatoms. The lowest BCUT2D eigenvalue weighted by Gasteiger charge is -2.26. The first-order valence-corrected chi connectivity index (χ1v) is 7.09. The van der Waals surface area contributed by atoms with E-state index < -0.39 is 0 Å². The van der Waals surface area contributed by atoms with E-state index >= 15 is 0 Å². The first-order chi connectivity index (χ1) is 9.22. The lowest BCUT2D eigenvalue weighted by molar-refractivity contribution is 0.369. The van der Waals surface area contributed by atoms with Gasteiger partial charge in [-0.3, -0.25) is 0 Å². The normalized spacial score (nSPS) is 25.5. The van der Waals surface area contributed by atoms with Crippen LogP contribution in [0.15, 0.2) is 21.7 Å². The zero-order chi connectivity index (χ0) is 13.4. The van der Waals surface area contributed by atoms with E-state index in [1.165, 1.54) is 5.71 Å². The van der Waals surface area contributed by atoms with Crippen molar-refractivity contribution < 1.29 is 9.84 Å². The molecule has 1 aromatic rings. The number of fused-ring (bicyclic) bond motifs is 1. The Kier molecular flexibility index (Phi) is 3.36. The van der Waals surface area contributed by atoms with Gasteiger partial charge in [-0.05, 0) is 27.6 Å². The molecule has 19 heavy (non-hydrogen) atoms. The molecule has 2 atom stereocenters. The highest BCUT2D eigenvalue weighted by atomic mass is 79.9. The van der Waals surface area contributed by atoms with Gasteiger partial charge in [0.25, 0.3) is 0 Å². The number of benzene rings is 1. The lowest BCUT2D eigenvalue weighted by atomic mass is 9.87. The molecule has 2 aliphatic rings. The minimum absolute atomic E-state index is 0.0916. The summed E-state index contributed by atoms with van der Waals surface area (Å²) in [6, 6.07) is 3.84. The van der Waals surface area contributed by atoms with Crippen LogP contribution in [0.4, 0.5) is 0 Å². The van der Waals surface area contributed by atoms with Crippen LogP contribution in [-0.2, 0) is 0 Å². The Morgan fingerprint density at radius 3 is 3.11 bits per heavy atom. The van der Waals surface area contributed by atoms with Crippen LogP contribution in [0.25, 0.3) is 0 Å². The second-order valence-electron chi connectivity index (χ2n) is 4.79. The van der Waals surface area contributed by atoms with Crippen molar-refractivity contribution in [3.8, 4) is 11.5 Å². The van der Waals surface area contributed by atoms with Crippen LogP contribution in [-0.4, -0.2) is 31.0 Å². The highest BCUT2D eigenvalue weighted by molar-refractivity contribution is 9.10. The van der Waals surface area contributed by atoms with Crippen LogP contribution in [0.5, 0.6) is 11.5 Å². The predicted octanol–water partition coefficient (Wildman–Crippen LogP) is 1.77. The van der Waals surface area contributed by atoms with Crippen molar-refractivity contribution in [2.24, 2.45) is 11.0 Å². The van der Waals surface area contributed by atoms with Gasteiger partial charge in [0.2, 0.25) is 0 Å². The summed E-state index contributed by atoms with van der Waals surface area (Å²) in [7, 11) is 1.54. The summed E-state index contributed by atoms with van der Waals surface area (Å²) in [5.41, 5.74) is 5.41. The fourth-order valence-corrected chi connectivity index (χ4v) is 3.30. The zero-order valence-electron chi connectivity index (χ0n) is 10.6. The molecule has 1 fully saturated rings. The molecular formula is C13H16BrN3O2. The highest BCUT2D eigenvalue weighted by Gasteiger charge is 2.35. The third kappa shape index (κ3) is 2.08. The van der Waals surface area contributed by atoms with Gasteiger partial charge in [-0.1, -0.05) is 6.07 Å². The summed E-state index contributed by atoms with van der Waals surface area (Å²) in [6.07, 6.45) is 0.980. The summed E-state index contributed by atoms with van der Waals surface area (Å²) in [5.74, 6) is 0.952. The zero-order valence-corrected chi connectivity index (χ0v) is 12.2. The van der Waals surface area contributed by atoms with E-state index in [-0.39, 0.29) is 11.8 Å². The number of hydrogen-bond acceptors (Lipinski definition) is 5. The Morgan fingerprint density at radius 1 is 1.47 bits per heavy atom. The molecule has 1 aromatic carbocycles. The van der Waals surface area contributed by atoms with E-state index in [0.29, 0.717) is 16.1 Å². The molecule has 102 valence electrons. The number of hydrogen-bond donors (Lipinski definition) is 3. The second-order valence-corrected chi connectivity index (χ2v) is 5.58. The van der Waals surface area contributed by atoms with Gasteiger partial charge in [0, 0.05) is 31.1 Å². The summed E-state index contributed by atoms with van der Waals surface area (Å²) in [6.45, 7) is 1.90. The summed E-state index contributed by atoms with van der Waals surface area (Å²) >= 11 is 3.46. The Balaban J connectivity index is 1.93. The van der Waals surface area contributed by atoms with Gasteiger partial charge in [-0.15, -0.1) is 0 Å². The lowest BCUT2D eigenvalue weighted by Crippen LogP contribution is -2.38. The molecule has 0 bridgehead atoms. The SMILES string of the molecule is COc1ccc(C2NN=C3CCNCC32)c(Br)c1O. The summed E-state index contributed by atoms with van der Waals surface area (Å²) in [4.78, 5) is 0. The molecule has 0 saturated carbocycles. The van der Waals surface area contributed by atoms with E-state index in [2.05, 4.69) is 31.8 Å². The van der Waals surface area contributed by atoms with Crippen molar-refractivity contribution in [3.63, 3.8) is 0 Å². The van der Waals surface area contributed by atoms with Gasteiger partial charge in [0.1, 0.15) is 0 Å². The van der Waals surface area contributed by atoms with Crippen LogP contribution in [0.2, 0.25) is 0 Å². The number of methoxy groups -OCH3 is 1. The second kappa shape index (κ2) is 5.02. The number of halogens is 1. The van der Waals surface area contributed by atoms with Crippen LogP contribution < -0.4 is 15.5 Å². The Labute approximate surface area is 120 Å². The number of piperidine rings is 1. The van der Waals surface area contributed by atoms with Gasteiger partial charge in [0.05, 0.1) is 17.6 Å². The Hall–Kier alpha value is -1.27. The molecule has 0 spiro atoms. The molecule has 0 aliphatic carbocycles. The summed E-state index contributed by atoms with van der Waals surface area (Å²) < 4.78 is 5.78. The minimum Gasteiger partial charge on any atom is -0.503 e. The molecule has 1 saturated heterocycles. The van der Waals surface area contributed by atoms with Gasteiger partial charge in [-0.25, -0.2) is 0 Å². The van der Waals surface area contributed by atoms with E-state index in [9.17, 15) is 5.11 Å². The fraction of sp³-hybridized carbons (Fsp3) is 0.462. The maximum Gasteiger partial charge on any atom is 0.172 e. The van der Waals surface area contributed by atoms with Crippen molar-refractivity contribution >= 4 is 21.6 Å². The third-order valence-corrected chi connectivity index (χ3v) is 4.60. The molecule has 2 heterocycles. The van der Waals surface area contributed by atoms with Crippen LogP contribution in [0, 0.1) is 5.92 Å². The van der Waals surface area contributed by atoms with E-state index in [0.717, 1.165) is 25.1 Å². The number of hydrazone groups is 1. The van der Waals surface area contributed by atoms with Crippen molar-refractivity contribution in [2.45, 2.75) is 12.5 Å². The molecule has 2 aliphatic heterocycles. The number of rotatable bonds is 2. The average molecular weight is 326 g/mol. The van der Waals surface area contributed by atoms with Crippen molar-refractivity contribution in [1.82, 2.24) is 10.7 Å². The molecular weight excluding hydrogens is 310 g/mol. The molecule has 3 rings (SSSR count). The largest absolute Gasteiger partial charge is 0.503 e. The average Bonchev–Trinajstić information content (AvgIpc) is 2.86. The topological polar surface area (TPSA) is 65.9 Å². The van der Waals surface area contributed by atoms with Gasteiger partial charge < -0.3 is 20.6 Å². The van der Waals surface area contributed by atoms with Gasteiger partial charge in [0.15, 0.2) is 11.5 Å². The molecule has 5 nitrogen and oxygen atoms in total. The minimum atomic E-state index is 0.0916. The van der Waals surface area contributed by atoms with Crippen LogP contribution >= 0.6 is 15.9 Å². The molecule has 2 unspecified atom stereocenters. The number of aromatic hydroxyl groups is 1. The van der Waals surface area contributed by atoms with Gasteiger partial charge in [-0.2, -0.15) is 5.10 Å². The maximum atomic E-state index is 10.1. The van der Waals surface area contributed by atoms with Crippen LogP contribution in [0.3, 0.4) is 0 Å². The number of nitrogens with zero attached hydrogens (tertiary/aromatic N) is 1. The van der Waals surface area contributed by atoms with Crippen molar-refractivity contribution in [1.29, 1.82) is 0 Å². The number of ether oxygens (including phenoxy) is 1. The molecule has 0 radical (unpaired) electrons. The summed E-state index contributed by atoms with van der Waals surface area (Å²) in [5, 5.41) is 17.9. The molecule has 3 N–H and O–H groups in total. The Morgan fingerprint density at radius 2 is 2.32 bits per heavy atom. The van der Waals surface area contributed by atoms with Crippen LogP contribution in [0.1, 0.15) is 18.0 Å². The number of phenols is 1. The van der Waals surface area contributed by atoms with E-state index in [1.807, 2.05) is 6.07 Å². The van der Waals surface area contributed by atoms with E-state index in [1.54, 1.807) is 13.2 Å². The molecule has 0 amide bonds. The standard InChI is InChI=1S/C13H16BrN3O2/c1-19-10-3-2-7(11(14)13(10)18)12-8-6-15-5-4-9(8)16-17-12/h2-3,8,12,15,17-18H,4-6H2,1H3. The van der Waals surface area contributed by atoms with Gasteiger partial charge >= 0.3 is 0 Å². The molecule has 0 aromatic heterocycles. The highest BCUT2D eigenvalue weighted by Crippen LogP contribution is 2.42. The first-order valence-electron chi connectivity index (χ1n) is 6.30. The Bertz CT molecular complexity index is 533. The van der Waals surface area contributed by atoms with E-state index in [4.69, 9.17) is 4.74 Å².